The van der Waals surface area contributed by atoms with Crippen molar-refractivity contribution in [2.45, 2.75) is 736 Å². The summed E-state index contributed by atoms with van der Waals surface area (Å²) in [5.41, 5.74) is 23.8. The second-order valence-corrected chi connectivity index (χ2v) is 46.2. The zero-order valence-electron chi connectivity index (χ0n) is 98.9. The predicted octanol–water partition coefficient (Wildman–Crippen LogP) is 48.7. The molecular formula is C140H246N2NiO2. The van der Waals surface area contributed by atoms with Crippen molar-refractivity contribution in [2.75, 3.05) is 13.2 Å². The third kappa shape index (κ3) is 90.3. The van der Waals surface area contributed by atoms with E-state index in [0.29, 0.717) is 0 Å². The van der Waals surface area contributed by atoms with E-state index in [1.54, 1.807) is 4.70 Å². The molecule has 0 amide bonds. The molecule has 0 spiro atoms. The molecule has 0 aromatic heterocycles. The van der Waals surface area contributed by atoms with Crippen LogP contribution in [0.3, 0.4) is 0 Å². The Kier molecular flexibility index (Phi) is 108. The molecule has 1 aliphatic rings. The molecule has 3 rings (SSSR count). The molecule has 1 aliphatic heterocycles. The van der Waals surface area contributed by atoms with E-state index >= 15 is 0 Å². The molecule has 0 aliphatic carbocycles. The standard InChI is InChI=1S/C132H228N2.2C4H9O.Ni/c1-7-13-19-23-27-31-35-39-43-47-51-55-59-63-67-71-75-79-83-87-91-95-99-103-107-111-123-117-124(112-108-104-100-96-92-88-84-80-76-72-68-64-60-56-52-48-44-40-36-32-28-24-20-14-8-2)120-127(119-123)131-129(115-17-11-5)130(116-18-12-6)132(134(131)133)128-121-125(113-109-105-101-97-93-89-85-81-77-73-69-65-61-57-53-49-45-41-37-33-29-25-21-15-9-3)118-126(122-128)114-110-106-102-98-94-90-86-82-78-74-70-66-62-58-54-50-46-42-38-34-30-26-22-16-10-4;2*1-2-3-4-5;/h117-122H,7-106,115-116H2,1-6H3;2*2-4H2,1H3;/q;2*-1;+2. The Labute approximate surface area is 915 Å². The monoisotopic (exact) mass is 2050 g/mol. The van der Waals surface area contributed by atoms with Crippen LogP contribution in [0.4, 0.5) is 0 Å². The molecular weight excluding hydrogens is 1800 g/mol. The zero-order valence-corrected chi connectivity index (χ0v) is 99.8. The van der Waals surface area contributed by atoms with Gasteiger partial charge in [-0.3, -0.25) is 0 Å². The molecule has 838 valence electrons. The van der Waals surface area contributed by atoms with Crippen LogP contribution in [-0.2, 0) is 22.8 Å². The van der Waals surface area contributed by atoms with E-state index in [4.69, 9.17) is 7.76 Å². The molecule has 0 saturated heterocycles. The van der Waals surface area contributed by atoms with E-state index in [0.717, 1.165) is 176 Å². The molecule has 2 aromatic carbocycles. The number of benzene rings is 2. The molecule has 0 saturated carbocycles. The van der Waals surface area contributed by atoms with Crippen LogP contribution < -0.4 is 0 Å². The number of allylic oxidation sites excluding steroid dienone is 2. The van der Waals surface area contributed by atoms with Gasteiger partial charge in [-0.05, 0) is 87.8 Å². The zero-order chi connectivity index (χ0) is 104. The van der Waals surface area contributed by atoms with E-state index in [1.807, 2.05) is 0 Å². The van der Waals surface area contributed by atoms with Crippen LogP contribution in [0.25, 0.3) is 16.9 Å². The Morgan fingerprint density at radius 1 is 0.179 bits per heavy atom. The first-order valence-corrected chi connectivity index (χ1v) is 66.8. The summed E-state index contributed by atoms with van der Waals surface area (Å²) in [6, 6.07) is 13.6. The van der Waals surface area contributed by atoms with Gasteiger partial charge in [0.2, 0.25) is 11.4 Å². The molecule has 0 fully saturated rings. The molecule has 145 heavy (non-hydrogen) atoms. The maximum absolute atomic E-state index is 13.3. The quantitative estimate of drug-likeness (QED) is 0.0287. The third-order valence-electron chi connectivity index (χ3n) is 31.1. The molecule has 0 unspecified atom stereocenters. The fraction of sp³-hybridized carbons (Fsp3) is 0.829. The molecule has 2 aromatic rings. The predicted molar refractivity (Wildman–Crippen MR) is 645 cm³/mol. The summed E-state index contributed by atoms with van der Waals surface area (Å²) in [7, 11) is 0. The van der Waals surface area contributed by atoms with Crippen LogP contribution in [0, 0.1) is 47.4 Å². The second kappa shape index (κ2) is 114. The molecule has 0 N–H and O–H groups in total. The Morgan fingerprint density at radius 3 is 0.462 bits per heavy atom. The van der Waals surface area contributed by atoms with E-state index in [2.05, 4.69) is 139 Å². The normalized spacial score (nSPS) is 11.9. The summed E-state index contributed by atoms with van der Waals surface area (Å²) in [5.74, 6) is 29.5. The van der Waals surface area contributed by atoms with Gasteiger partial charge in [0.05, 0.1) is 0 Å². The molecule has 0 bridgehead atoms. The van der Waals surface area contributed by atoms with Crippen molar-refractivity contribution in [1.82, 2.24) is 0 Å². The summed E-state index contributed by atoms with van der Waals surface area (Å²) in [5, 5.41) is 0. The van der Waals surface area contributed by atoms with Crippen molar-refractivity contribution in [1.29, 1.82) is 0 Å². The van der Waals surface area contributed by atoms with Gasteiger partial charge in [0.1, 0.15) is 0 Å². The van der Waals surface area contributed by atoms with Crippen LogP contribution in [0.1, 0.15) is 769 Å². The van der Waals surface area contributed by atoms with Gasteiger partial charge < -0.3 is 5.53 Å². The van der Waals surface area contributed by atoms with Crippen molar-refractivity contribution in [3.8, 4) is 47.4 Å². The first-order chi connectivity index (χ1) is 71.9. The minimum absolute atomic E-state index is 0.808. The Morgan fingerprint density at radius 2 is 0.317 bits per heavy atom. The van der Waals surface area contributed by atoms with Gasteiger partial charge in [0.25, 0.3) is 0 Å². The van der Waals surface area contributed by atoms with E-state index in [-0.39, 0.29) is 0 Å². The van der Waals surface area contributed by atoms with Crippen molar-refractivity contribution >= 4 is 11.4 Å². The van der Waals surface area contributed by atoms with Gasteiger partial charge >= 0.3 is 75.6 Å². The van der Waals surface area contributed by atoms with Crippen LogP contribution >= 0.6 is 0 Å². The SMILES string of the molecule is CCCCCCCCCCCCCCCCCCCCCCCCCC#Cc1cc(C#CCCCCCCCCCCCCCCCCCCCCCCCCC)cc(C2=C(CCCC)C(CCCC)=C(c3cc(C#CCCCCCCCCCCCCCCCCCCCCCCCCC)cc(C#CCCCCCCCCCCCCCCCCCCCCCCCCC)c3)[N+]2=[N-])c1.CCCC[O][Ni][O]CCCC. The van der Waals surface area contributed by atoms with Crippen molar-refractivity contribution in [3.05, 3.63) is 86.5 Å². The average Bonchev–Trinajstić information content (AvgIpc) is 1.58. The number of unbranched alkanes of at least 4 members (excludes halogenated alkanes) is 96. The Balaban J connectivity index is 0.00000605. The van der Waals surface area contributed by atoms with Gasteiger partial charge in [-0.15, -0.1) is 0 Å². The third-order valence-corrected chi connectivity index (χ3v) is 31.7. The Bertz CT molecular complexity index is 3040. The van der Waals surface area contributed by atoms with E-state index in [1.165, 1.54) is 589 Å². The van der Waals surface area contributed by atoms with Crippen molar-refractivity contribution in [3.63, 3.8) is 0 Å². The molecule has 5 heteroatoms. The summed E-state index contributed by atoms with van der Waals surface area (Å²) < 4.78 is 11.9. The Hall–Kier alpha value is -3.83. The van der Waals surface area contributed by atoms with Gasteiger partial charge in [-0.2, -0.15) is 0 Å². The van der Waals surface area contributed by atoms with Crippen LogP contribution in [-0.4, -0.2) is 17.9 Å². The van der Waals surface area contributed by atoms with Gasteiger partial charge in [0.15, 0.2) is 0 Å². The minimum atomic E-state index is 0.808. The number of hydrogen-bond acceptors (Lipinski definition) is 2. The molecule has 0 atom stereocenters. The van der Waals surface area contributed by atoms with E-state index in [9.17, 15) is 5.53 Å². The summed E-state index contributed by atoms with van der Waals surface area (Å²) in [6.45, 7) is 19.8. The molecule has 4 nitrogen and oxygen atoms in total. The molecule has 0 radical (unpaired) electrons. The van der Waals surface area contributed by atoms with Gasteiger partial charge in [-0.25, -0.2) is 4.70 Å². The number of hydrogen-bond donors (Lipinski definition) is 0. The number of rotatable bonds is 108. The van der Waals surface area contributed by atoms with Crippen LogP contribution in [0.15, 0.2) is 47.5 Å². The van der Waals surface area contributed by atoms with Gasteiger partial charge in [-0.1, -0.05) is 667 Å². The topological polar surface area (TPSA) is 43.8 Å². The molecule has 1 heterocycles. The average molecular weight is 2050 g/mol. The van der Waals surface area contributed by atoms with Gasteiger partial charge in [0, 0.05) is 70.2 Å². The van der Waals surface area contributed by atoms with E-state index < -0.39 is 0 Å². The van der Waals surface area contributed by atoms with Crippen LogP contribution in [0.5, 0.6) is 0 Å². The second-order valence-electron chi connectivity index (χ2n) is 45.4. The summed E-state index contributed by atoms with van der Waals surface area (Å²) in [4.78, 5) is 0. The van der Waals surface area contributed by atoms with Crippen molar-refractivity contribution in [2.24, 2.45) is 0 Å². The fourth-order valence-corrected chi connectivity index (χ4v) is 22.0. The maximum atomic E-state index is 13.3. The first-order valence-electron chi connectivity index (χ1n) is 66.0. The fourth-order valence-electron chi connectivity index (χ4n) is 21.4. The van der Waals surface area contributed by atoms with Crippen LogP contribution in [0.2, 0.25) is 0 Å². The number of nitrogens with zero attached hydrogens (tertiary/aromatic N) is 2. The summed E-state index contributed by atoms with van der Waals surface area (Å²) >= 11 is 0.968. The summed E-state index contributed by atoms with van der Waals surface area (Å²) in [6.07, 6.45) is 144. The van der Waals surface area contributed by atoms with Crippen molar-refractivity contribution < 1.29 is 27.5 Å². The first kappa shape index (κ1) is 137.